The number of nitrogens with zero attached hydrogens (tertiary/aromatic N) is 1. The average molecular weight is 287 g/mol. The zero-order chi connectivity index (χ0) is 14.5. The number of anilines is 1. The van der Waals surface area contributed by atoms with E-state index in [9.17, 15) is 5.11 Å². The molecule has 0 bridgehead atoms. The van der Waals surface area contributed by atoms with Gasteiger partial charge in [-0.25, -0.2) is 4.98 Å². The molecule has 0 aliphatic heterocycles. The summed E-state index contributed by atoms with van der Waals surface area (Å²) in [5.74, 6) is 1.71. The van der Waals surface area contributed by atoms with Gasteiger partial charge in [-0.1, -0.05) is 6.42 Å². The van der Waals surface area contributed by atoms with Crippen molar-refractivity contribution in [1.82, 2.24) is 9.97 Å². The number of nitrogens with one attached hydrogen (secondary N) is 2. The van der Waals surface area contributed by atoms with Gasteiger partial charge in [0, 0.05) is 18.1 Å². The van der Waals surface area contributed by atoms with Gasteiger partial charge in [-0.15, -0.1) is 0 Å². The van der Waals surface area contributed by atoms with Gasteiger partial charge in [-0.3, -0.25) is 0 Å². The summed E-state index contributed by atoms with van der Waals surface area (Å²) in [7, 11) is 0. The highest BCUT2D eigenvalue weighted by atomic mass is 16.5. The fourth-order valence-corrected chi connectivity index (χ4v) is 2.62. The van der Waals surface area contributed by atoms with Gasteiger partial charge < -0.3 is 20.1 Å². The molecule has 1 saturated carbocycles. The number of aromatic amines is 1. The van der Waals surface area contributed by atoms with Gasteiger partial charge in [0.1, 0.15) is 17.7 Å². The van der Waals surface area contributed by atoms with E-state index in [-0.39, 0.29) is 12.2 Å². The molecule has 1 aliphatic carbocycles. The fourth-order valence-electron chi connectivity index (χ4n) is 2.62. The molecule has 5 nitrogen and oxygen atoms in total. The molecule has 1 heterocycles. The smallest absolute Gasteiger partial charge is 0.125 e. The number of ether oxygens (including phenoxy) is 1. The van der Waals surface area contributed by atoms with Gasteiger partial charge in [0.2, 0.25) is 0 Å². The van der Waals surface area contributed by atoms with Gasteiger partial charge in [0.05, 0.1) is 12.6 Å². The lowest BCUT2D eigenvalue weighted by Gasteiger charge is -2.28. The number of imidazole rings is 1. The molecule has 5 heteroatoms. The summed E-state index contributed by atoms with van der Waals surface area (Å²) < 4.78 is 5.88. The lowest BCUT2D eigenvalue weighted by Crippen LogP contribution is -2.34. The molecule has 0 radical (unpaired) electrons. The number of hydrogen-bond donors (Lipinski definition) is 3. The molecule has 1 aliphatic rings. The van der Waals surface area contributed by atoms with Crippen LogP contribution in [-0.2, 0) is 6.54 Å². The second kappa shape index (κ2) is 6.63. The zero-order valence-electron chi connectivity index (χ0n) is 12.0. The molecule has 3 N–H and O–H groups in total. The summed E-state index contributed by atoms with van der Waals surface area (Å²) in [6, 6.07) is 7.83. The maximum absolute atomic E-state index is 9.93. The number of aromatic nitrogens is 2. The molecular weight excluding hydrogens is 266 g/mol. The third-order valence-electron chi connectivity index (χ3n) is 3.82. The number of aliphatic hydroxyl groups excluding tert-OH is 1. The number of benzene rings is 1. The van der Waals surface area contributed by atoms with Crippen molar-refractivity contribution in [2.24, 2.45) is 0 Å². The van der Waals surface area contributed by atoms with Crippen molar-refractivity contribution in [1.29, 1.82) is 0 Å². The molecule has 1 aromatic heterocycles. The normalized spacial score (nSPS) is 22.0. The van der Waals surface area contributed by atoms with Crippen molar-refractivity contribution in [2.75, 3.05) is 5.32 Å². The Hall–Kier alpha value is -2.01. The lowest BCUT2D eigenvalue weighted by atomic mass is 9.95. The minimum Gasteiger partial charge on any atom is -0.488 e. The van der Waals surface area contributed by atoms with Crippen LogP contribution in [0.4, 0.5) is 5.69 Å². The van der Waals surface area contributed by atoms with Crippen molar-refractivity contribution in [3.05, 3.63) is 42.5 Å². The molecule has 3 rings (SSSR count). The van der Waals surface area contributed by atoms with Crippen LogP contribution < -0.4 is 10.1 Å². The standard InChI is InChI=1S/C16H21N3O2/c20-14-3-1-2-4-15(14)21-13-7-5-12(6-8-13)19-11-16-17-9-10-18-16/h5-10,14-15,19-20H,1-4,11H2,(H,17,18). The Morgan fingerprint density at radius 2 is 2.05 bits per heavy atom. The van der Waals surface area contributed by atoms with E-state index in [1.54, 1.807) is 6.20 Å². The van der Waals surface area contributed by atoms with Crippen LogP contribution in [0.25, 0.3) is 0 Å². The summed E-state index contributed by atoms with van der Waals surface area (Å²) in [6.45, 7) is 0.661. The Labute approximate surface area is 124 Å². The lowest BCUT2D eigenvalue weighted by molar-refractivity contribution is 0.00688. The summed E-state index contributed by atoms with van der Waals surface area (Å²) >= 11 is 0. The molecule has 112 valence electrons. The van der Waals surface area contributed by atoms with Crippen molar-refractivity contribution >= 4 is 5.69 Å². The highest BCUT2D eigenvalue weighted by molar-refractivity contribution is 5.46. The Morgan fingerprint density at radius 1 is 1.24 bits per heavy atom. The third-order valence-corrected chi connectivity index (χ3v) is 3.82. The number of aliphatic hydroxyl groups is 1. The summed E-state index contributed by atoms with van der Waals surface area (Å²) in [5.41, 5.74) is 1.02. The summed E-state index contributed by atoms with van der Waals surface area (Å²) in [4.78, 5) is 7.22. The second-order valence-electron chi connectivity index (χ2n) is 5.42. The minimum absolute atomic E-state index is 0.0688. The minimum atomic E-state index is -0.337. The SMILES string of the molecule is OC1CCCCC1Oc1ccc(NCc2ncc[nH]2)cc1. The quantitative estimate of drug-likeness (QED) is 0.791. The Kier molecular flexibility index (Phi) is 4.40. The van der Waals surface area contributed by atoms with Crippen LogP contribution in [0.1, 0.15) is 31.5 Å². The molecular formula is C16H21N3O2. The first-order chi connectivity index (χ1) is 10.3. The highest BCUT2D eigenvalue weighted by Gasteiger charge is 2.24. The zero-order valence-corrected chi connectivity index (χ0v) is 12.0. The maximum Gasteiger partial charge on any atom is 0.125 e. The van der Waals surface area contributed by atoms with E-state index < -0.39 is 0 Å². The number of rotatable bonds is 5. The number of hydrogen-bond acceptors (Lipinski definition) is 4. The van der Waals surface area contributed by atoms with Gasteiger partial charge in [0.15, 0.2) is 0 Å². The van der Waals surface area contributed by atoms with Crippen LogP contribution in [0.2, 0.25) is 0 Å². The topological polar surface area (TPSA) is 70.2 Å². The molecule has 2 aromatic rings. The number of H-pyrrole nitrogens is 1. The van der Waals surface area contributed by atoms with E-state index in [1.807, 2.05) is 30.5 Å². The molecule has 0 amide bonds. The van der Waals surface area contributed by atoms with Crippen LogP contribution in [0, 0.1) is 0 Å². The summed E-state index contributed by atoms with van der Waals surface area (Å²) in [6.07, 6.45) is 7.14. The van der Waals surface area contributed by atoms with Gasteiger partial charge >= 0.3 is 0 Å². The Bertz CT molecular complexity index is 539. The van der Waals surface area contributed by atoms with Gasteiger partial charge in [0.25, 0.3) is 0 Å². The molecule has 1 aromatic carbocycles. The maximum atomic E-state index is 9.93. The average Bonchev–Trinajstić information content (AvgIpc) is 3.02. The molecule has 2 unspecified atom stereocenters. The van der Waals surface area contributed by atoms with Crippen LogP contribution in [0.5, 0.6) is 5.75 Å². The van der Waals surface area contributed by atoms with E-state index in [0.717, 1.165) is 42.9 Å². The van der Waals surface area contributed by atoms with E-state index in [2.05, 4.69) is 15.3 Å². The molecule has 0 spiro atoms. The molecule has 1 fully saturated rings. The van der Waals surface area contributed by atoms with E-state index in [1.165, 1.54) is 0 Å². The first kappa shape index (κ1) is 13.9. The van der Waals surface area contributed by atoms with Crippen molar-refractivity contribution in [2.45, 2.75) is 44.4 Å². The van der Waals surface area contributed by atoms with Crippen molar-refractivity contribution < 1.29 is 9.84 Å². The predicted molar refractivity (Wildman–Crippen MR) is 81.2 cm³/mol. The summed E-state index contributed by atoms with van der Waals surface area (Å²) in [5, 5.41) is 13.2. The van der Waals surface area contributed by atoms with Crippen molar-refractivity contribution in [3.8, 4) is 5.75 Å². The largest absolute Gasteiger partial charge is 0.488 e. The molecule has 0 saturated heterocycles. The van der Waals surface area contributed by atoms with Crippen LogP contribution >= 0.6 is 0 Å². The predicted octanol–water partition coefficient (Wildman–Crippen LogP) is 2.70. The van der Waals surface area contributed by atoms with Crippen LogP contribution in [-0.4, -0.2) is 27.3 Å². The Morgan fingerprint density at radius 3 is 2.76 bits per heavy atom. The molecule has 21 heavy (non-hydrogen) atoms. The van der Waals surface area contributed by atoms with Gasteiger partial charge in [-0.05, 0) is 43.5 Å². The first-order valence-corrected chi connectivity index (χ1v) is 7.48. The van der Waals surface area contributed by atoms with E-state index >= 15 is 0 Å². The van der Waals surface area contributed by atoms with E-state index in [0.29, 0.717) is 6.54 Å². The third kappa shape index (κ3) is 3.76. The van der Waals surface area contributed by atoms with Gasteiger partial charge in [-0.2, -0.15) is 0 Å². The van der Waals surface area contributed by atoms with Crippen LogP contribution in [0.15, 0.2) is 36.7 Å². The van der Waals surface area contributed by atoms with Crippen LogP contribution in [0.3, 0.4) is 0 Å². The fraction of sp³-hybridized carbons (Fsp3) is 0.438. The van der Waals surface area contributed by atoms with Crippen molar-refractivity contribution in [3.63, 3.8) is 0 Å². The highest BCUT2D eigenvalue weighted by Crippen LogP contribution is 2.24. The van der Waals surface area contributed by atoms with E-state index in [4.69, 9.17) is 4.74 Å². The molecule has 2 atom stereocenters. The Balaban J connectivity index is 1.53. The monoisotopic (exact) mass is 287 g/mol. The second-order valence-corrected chi connectivity index (χ2v) is 5.42. The first-order valence-electron chi connectivity index (χ1n) is 7.48.